The molecular formula is C6H8Br2O4. The maximum atomic E-state index is 10.9. The molecule has 0 fully saturated rings. The van der Waals surface area contributed by atoms with Crippen molar-refractivity contribution in [3.63, 3.8) is 0 Å². The lowest BCUT2D eigenvalue weighted by molar-refractivity contribution is -0.145. The highest BCUT2D eigenvalue weighted by Gasteiger charge is 2.14. The van der Waals surface area contributed by atoms with Crippen LogP contribution in [0.4, 0.5) is 0 Å². The standard InChI is InChI=1S/C6H8Br2O4/c7-3-4(8)6(11)12-2-1-5(9)10/h4H,1-3H2,(H,9,10). The molecule has 0 saturated carbocycles. The van der Waals surface area contributed by atoms with Gasteiger partial charge in [-0.25, -0.2) is 0 Å². The largest absolute Gasteiger partial charge is 0.481 e. The van der Waals surface area contributed by atoms with Crippen molar-refractivity contribution in [2.45, 2.75) is 11.2 Å². The SMILES string of the molecule is O=C(O)CCOC(=O)C(Br)CBr. The summed E-state index contributed by atoms with van der Waals surface area (Å²) in [6.07, 6.45) is -0.159. The second-order valence-electron chi connectivity index (χ2n) is 1.93. The van der Waals surface area contributed by atoms with E-state index in [1.54, 1.807) is 0 Å². The molecule has 0 aromatic heterocycles. The van der Waals surface area contributed by atoms with Crippen LogP contribution in [0.2, 0.25) is 0 Å². The van der Waals surface area contributed by atoms with E-state index in [0.29, 0.717) is 5.33 Å². The van der Waals surface area contributed by atoms with Crippen molar-refractivity contribution in [1.82, 2.24) is 0 Å². The normalized spacial score (nSPS) is 12.2. The first-order valence-electron chi connectivity index (χ1n) is 3.16. The molecule has 0 heterocycles. The lowest BCUT2D eigenvalue weighted by atomic mass is 10.4. The average molecular weight is 304 g/mol. The Morgan fingerprint density at radius 2 is 2.08 bits per heavy atom. The Hall–Kier alpha value is -0.100. The van der Waals surface area contributed by atoms with E-state index in [1.165, 1.54) is 0 Å². The Morgan fingerprint density at radius 1 is 1.50 bits per heavy atom. The second kappa shape index (κ2) is 6.42. The highest BCUT2D eigenvalue weighted by atomic mass is 79.9. The first-order chi connectivity index (χ1) is 5.57. The second-order valence-corrected chi connectivity index (χ2v) is 3.69. The van der Waals surface area contributed by atoms with Crippen LogP contribution in [0.25, 0.3) is 0 Å². The predicted octanol–water partition coefficient (Wildman–Crippen LogP) is 1.16. The molecule has 0 rings (SSSR count). The van der Waals surface area contributed by atoms with Crippen LogP contribution in [-0.2, 0) is 14.3 Å². The van der Waals surface area contributed by atoms with Gasteiger partial charge in [-0.1, -0.05) is 31.9 Å². The van der Waals surface area contributed by atoms with Crippen molar-refractivity contribution in [2.75, 3.05) is 11.9 Å². The molecule has 0 aliphatic carbocycles. The third kappa shape index (κ3) is 5.54. The summed E-state index contributed by atoms with van der Waals surface area (Å²) in [5.74, 6) is -1.43. The number of alkyl halides is 2. The van der Waals surface area contributed by atoms with E-state index in [-0.39, 0.29) is 13.0 Å². The maximum Gasteiger partial charge on any atom is 0.320 e. The van der Waals surface area contributed by atoms with Crippen LogP contribution >= 0.6 is 31.9 Å². The molecule has 1 N–H and O–H groups in total. The van der Waals surface area contributed by atoms with Gasteiger partial charge in [-0.05, 0) is 0 Å². The van der Waals surface area contributed by atoms with Crippen molar-refractivity contribution in [3.8, 4) is 0 Å². The summed E-state index contributed by atoms with van der Waals surface area (Å²) in [4.78, 5) is 20.5. The molecule has 6 heteroatoms. The van der Waals surface area contributed by atoms with Gasteiger partial charge in [-0.15, -0.1) is 0 Å². The number of hydrogen-bond donors (Lipinski definition) is 1. The zero-order valence-electron chi connectivity index (χ0n) is 6.13. The van der Waals surface area contributed by atoms with Gasteiger partial charge in [-0.3, -0.25) is 9.59 Å². The Balaban J connectivity index is 3.50. The Morgan fingerprint density at radius 3 is 2.50 bits per heavy atom. The minimum Gasteiger partial charge on any atom is -0.481 e. The van der Waals surface area contributed by atoms with Crippen molar-refractivity contribution in [2.24, 2.45) is 0 Å². The number of ether oxygens (including phenoxy) is 1. The van der Waals surface area contributed by atoms with E-state index in [1.807, 2.05) is 0 Å². The third-order valence-corrected chi connectivity index (χ3v) is 3.17. The summed E-state index contributed by atoms with van der Waals surface area (Å²) >= 11 is 6.11. The lowest BCUT2D eigenvalue weighted by Crippen LogP contribution is -2.20. The maximum absolute atomic E-state index is 10.9. The van der Waals surface area contributed by atoms with Crippen LogP contribution in [0, 0.1) is 0 Å². The zero-order valence-corrected chi connectivity index (χ0v) is 9.30. The van der Waals surface area contributed by atoms with Crippen LogP contribution in [-0.4, -0.2) is 33.8 Å². The number of carboxylic acid groups (broad SMARTS) is 1. The van der Waals surface area contributed by atoms with Gasteiger partial charge in [0.2, 0.25) is 0 Å². The highest BCUT2D eigenvalue weighted by molar-refractivity contribution is 9.12. The Bertz CT molecular complexity index is 171. The lowest BCUT2D eigenvalue weighted by Gasteiger charge is -2.05. The summed E-state index contributed by atoms with van der Waals surface area (Å²) in [6, 6.07) is 0. The topological polar surface area (TPSA) is 63.6 Å². The van der Waals surface area contributed by atoms with Gasteiger partial charge in [-0.2, -0.15) is 0 Å². The number of carbonyl (C=O) groups is 2. The minimum absolute atomic E-state index is 0.0801. The van der Waals surface area contributed by atoms with Crippen molar-refractivity contribution in [3.05, 3.63) is 0 Å². The Kier molecular flexibility index (Phi) is 6.37. The van der Waals surface area contributed by atoms with Gasteiger partial charge < -0.3 is 9.84 Å². The van der Waals surface area contributed by atoms with Gasteiger partial charge in [0.15, 0.2) is 0 Å². The number of halogens is 2. The third-order valence-electron chi connectivity index (χ3n) is 0.951. The number of carbonyl (C=O) groups excluding carboxylic acids is 1. The van der Waals surface area contributed by atoms with Gasteiger partial charge in [0.1, 0.15) is 11.4 Å². The fraction of sp³-hybridized carbons (Fsp3) is 0.667. The first kappa shape index (κ1) is 11.9. The average Bonchev–Trinajstić information content (AvgIpc) is 2.02. The molecule has 1 unspecified atom stereocenters. The van der Waals surface area contributed by atoms with Gasteiger partial charge in [0.05, 0.1) is 6.42 Å². The van der Waals surface area contributed by atoms with E-state index >= 15 is 0 Å². The van der Waals surface area contributed by atoms with E-state index < -0.39 is 16.8 Å². The minimum atomic E-state index is -0.979. The summed E-state index contributed by atoms with van der Waals surface area (Å²) in [5.41, 5.74) is 0. The van der Waals surface area contributed by atoms with E-state index in [9.17, 15) is 9.59 Å². The first-order valence-corrected chi connectivity index (χ1v) is 5.20. The molecule has 0 amide bonds. The summed E-state index contributed by atoms with van der Waals surface area (Å²) in [5, 5.41) is 8.65. The van der Waals surface area contributed by atoms with Crippen LogP contribution in [0.3, 0.4) is 0 Å². The molecule has 0 spiro atoms. The molecular weight excluding hydrogens is 296 g/mol. The summed E-state index contributed by atoms with van der Waals surface area (Å²) in [6.45, 7) is -0.0801. The highest BCUT2D eigenvalue weighted by Crippen LogP contribution is 2.05. The molecule has 0 aliphatic rings. The number of esters is 1. The van der Waals surface area contributed by atoms with Gasteiger partial charge in [0.25, 0.3) is 0 Å². The predicted molar refractivity (Wildman–Crippen MR) is 49.7 cm³/mol. The molecule has 4 nitrogen and oxygen atoms in total. The van der Waals surface area contributed by atoms with Crippen LogP contribution in [0.15, 0.2) is 0 Å². The molecule has 0 bridgehead atoms. The number of aliphatic carboxylic acids is 1. The summed E-state index contributed by atoms with van der Waals surface area (Å²) < 4.78 is 4.61. The number of rotatable bonds is 5. The van der Waals surface area contributed by atoms with Crippen molar-refractivity contribution >= 4 is 43.8 Å². The van der Waals surface area contributed by atoms with E-state index in [2.05, 4.69) is 36.6 Å². The van der Waals surface area contributed by atoms with Gasteiger partial charge in [0, 0.05) is 5.33 Å². The van der Waals surface area contributed by atoms with Crippen molar-refractivity contribution < 1.29 is 19.4 Å². The van der Waals surface area contributed by atoms with Crippen LogP contribution in [0.1, 0.15) is 6.42 Å². The number of hydrogen-bond acceptors (Lipinski definition) is 3. The molecule has 0 aromatic carbocycles. The van der Waals surface area contributed by atoms with E-state index in [4.69, 9.17) is 5.11 Å². The zero-order chi connectivity index (χ0) is 9.56. The quantitative estimate of drug-likeness (QED) is 0.611. The smallest absolute Gasteiger partial charge is 0.320 e. The van der Waals surface area contributed by atoms with Crippen LogP contribution in [0.5, 0.6) is 0 Å². The molecule has 0 aliphatic heterocycles. The van der Waals surface area contributed by atoms with Crippen molar-refractivity contribution in [1.29, 1.82) is 0 Å². The van der Waals surface area contributed by atoms with E-state index in [0.717, 1.165) is 0 Å². The number of carboxylic acids is 1. The molecule has 12 heavy (non-hydrogen) atoms. The fourth-order valence-corrected chi connectivity index (χ4v) is 0.789. The van der Waals surface area contributed by atoms with Crippen LogP contribution < -0.4 is 0 Å². The molecule has 0 aromatic rings. The summed E-state index contributed by atoms with van der Waals surface area (Å²) in [7, 11) is 0. The molecule has 70 valence electrons. The van der Waals surface area contributed by atoms with Gasteiger partial charge >= 0.3 is 11.9 Å². The molecule has 0 radical (unpaired) electrons. The molecule has 0 saturated heterocycles. The Labute approximate surface area is 86.5 Å². The monoisotopic (exact) mass is 302 g/mol. The fourth-order valence-electron chi connectivity index (χ4n) is 0.392. The molecule has 1 atom stereocenters.